The second-order valence-corrected chi connectivity index (χ2v) is 4.59. The molecule has 0 saturated heterocycles. The van der Waals surface area contributed by atoms with Crippen LogP contribution in [0.25, 0.3) is 0 Å². The van der Waals surface area contributed by atoms with E-state index < -0.39 is 0 Å². The Morgan fingerprint density at radius 1 is 1.38 bits per heavy atom. The fourth-order valence-corrected chi connectivity index (χ4v) is 1.86. The maximum atomic E-state index is 5.85. The molecule has 0 amide bonds. The van der Waals surface area contributed by atoms with Crippen molar-refractivity contribution < 1.29 is 4.74 Å². The van der Waals surface area contributed by atoms with Crippen LogP contribution in [-0.2, 0) is 12.8 Å². The fraction of sp³-hybridized carbons (Fsp3) is 0.571. The summed E-state index contributed by atoms with van der Waals surface area (Å²) in [5.41, 5.74) is 8.19. The highest BCUT2D eigenvalue weighted by Crippen LogP contribution is 2.30. The molecule has 2 heteroatoms. The van der Waals surface area contributed by atoms with Crippen LogP contribution in [0.1, 0.15) is 30.9 Å². The lowest BCUT2D eigenvalue weighted by atomic mass is 10.1. The molecule has 0 aliphatic heterocycles. The standard InChI is InChI=1S/C14H21NO/c1-2-13-9-11(7-8-15)5-6-14(13)16-10-12-3-4-12/h5-6,9,12H,2-4,7-8,10,15H2,1H3. The molecule has 2 N–H and O–H groups in total. The zero-order valence-electron chi connectivity index (χ0n) is 10.0. The molecule has 0 atom stereocenters. The van der Waals surface area contributed by atoms with Gasteiger partial charge in [-0.2, -0.15) is 0 Å². The number of hydrogen-bond donors (Lipinski definition) is 1. The van der Waals surface area contributed by atoms with Gasteiger partial charge in [-0.25, -0.2) is 0 Å². The van der Waals surface area contributed by atoms with Crippen LogP contribution >= 0.6 is 0 Å². The molecule has 0 unspecified atom stereocenters. The highest BCUT2D eigenvalue weighted by atomic mass is 16.5. The number of ether oxygens (including phenoxy) is 1. The average Bonchev–Trinajstić information content (AvgIpc) is 3.11. The van der Waals surface area contributed by atoms with Crippen LogP contribution in [0.4, 0.5) is 0 Å². The molecular weight excluding hydrogens is 198 g/mol. The summed E-state index contributed by atoms with van der Waals surface area (Å²) in [5, 5.41) is 0. The molecule has 88 valence electrons. The van der Waals surface area contributed by atoms with E-state index in [9.17, 15) is 0 Å². The Kier molecular flexibility index (Phi) is 3.83. The Labute approximate surface area is 97.8 Å². The Balaban J connectivity index is 2.03. The van der Waals surface area contributed by atoms with E-state index >= 15 is 0 Å². The van der Waals surface area contributed by atoms with E-state index in [2.05, 4.69) is 25.1 Å². The minimum absolute atomic E-state index is 0.714. The Bertz CT molecular complexity index is 345. The van der Waals surface area contributed by atoms with Crippen LogP contribution in [0, 0.1) is 5.92 Å². The van der Waals surface area contributed by atoms with Crippen molar-refractivity contribution in [1.29, 1.82) is 0 Å². The quantitative estimate of drug-likeness (QED) is 0.798. The van der Waals surface area contributed by atoms with Crippen LogP contribution < -0.4 is 10.5 Å². The Morgan fingerprint density at radius 3 is 2.81 bits per heavy atom. The van der Waals surface area contributed by atoms with Crippen molar-refractivity contribution >= 4 is 0 Å². The van der Waals surface area contributed by atoms with Crippen molar-refractivity contribution in [3.05, 3.63) is 29.3 Å². The summed E-state index contributed by atoms with van der Waals surface area (Å²) in [6.45, 7) is 3.78. The maximum absolute atomic E-state index is 5.85. The minimum Gasteiger partial charge on any atom is -0.493 e. The Morgan fingerprint density at radius 2 is 2.19 bits per heavy atom. The fourth-order valence-electron chi connectivity index (χ4n) is 1.86. The summed E-state index contributed by atoms with van der Waals surface area (Å²) >= 11 is 0. The van der Waals surface area contributed by atoms with Crippen molar-refractivity contribution in [2.75, 3.05) is 13.2 Å². The number of benzene rings is 1. The van der Waals surface area contributed by atoms with Gasteiger partial charge < -0.3 is 10.5 Å². The normalized spacial score (nSPS) is 15.1. The van der Waals surface area contributed by atoms with Crippen LogP contribution in [0.5, 0.6) is 5.75 Å². The van der Waals surface area contributed by atoms with Gasteiger partial charge >= 0.3 is 0 Å². The SMILES string of the molecule is CCc1cc(CCN)ccc1OCC1CC1. The average molecular weight is 219 g/mol. The van der Waals surface area contributed by atoms with Crippen molar-refractivity contribution in [3.8, 4) is 5.75 Å². The Hall–Kier alpha value is -1.02. The summed E-state index contributed by atoms with van der Waals surface area (Å²) in [7, 11) is 0. The van der Waals surface area contributed by atoms with Gasteiger partial charge in [-0.15, -0.1) is 0 Å². The first-order valence-corrected chi connectivity index (χ1v) is 6.28. The second kappa shape index (κ2) is 5.35. The summed E-state index contributed by atoms with van der Waals surface area (Å²) in [6, 6.07) is 6.47. The maximum Gasteiger partial charge on any atom is 0.122 e. The summed E-state index contributed by atoms with van der Waals surface area (Å²) in [4.78, 5) is 0. The van der Waals surface area contributed by atoms with Gasteiger partial charge in [0.15, 0.2) is 0 Å². The van der Waals surface area contributed by atoms with E-state index in [1.807, 2.05) is 0 Å². The van der Waals surface area contributed by atoms with Gasteiger partial charge in [-0.1, -0.05) is 19.1 Å². The number of rotatable bonds is 6. The smallest absolute Gasteiger partial charge is 0.122 e. The molecule has 0 bridgehead atoms. The van der Waals surface area contributed by atoms with Crippen molar-refractivity contribution in [2.24, 2.45) is 11.7 Å². The molecule has 0 aromatic heterocycles. The van der Waals surface area contributed by atoms with Gasteiger partial charge in [-0.05, 0) is 55.3 Å². The van der Waals surface area contributed by atoms with Gasteiger partial charge in [0.2, 0.25) is 0 Å². The molecule has 1 aromatic rings. The predicted molar refractivity (Wildman–Crippen MR) is 66.8 cm³/mol. The number of hydrogen-bond acceptors (Lipinski definition) is 2. The highest BCUT2D eigenvalue weighted by molar-refractivity contribution is 5.37. The summed E-state index contributed by atoms with van der Waals surface area (Å²) < 4.78 is 5.85. The third-order valence-corrected chi connectivity index (χ3v) is 3.11. The van der Waals surface area contributed by atoms with Crippen molar-refractivity contribution in [2.45, 2.75) is 32.6 Å². The van der Waals surface area contributed by atoms with Gasteiger partial charge in [0.1, 0.15) is 5.75 Å². The molecule has 16 heavy (non-hydrogen) atoms. The third kappa shape index (κ3) is 2.99. The van der Waals surface area contributed by atoms with E-state index in [0.29, 0.717) is 6.54 Å². The van der Waals surface area contributed by atoms with E-state index in [4.69, 9.17) is 10.5 Å². The molecule has 1 aliphatic carbocycles. The van der Waals surface area contributed by atoms with Crippen LogP contribution in [0.15, 0.2) is 18.2 Å². The molecule has 2 rings (SSSR count). The van der Waals surface area contributed by atoms with E-state index in [1.54, 1.807) is 0 Å². The first kappa shape index (κ1) is 11.5. The summed E-state index contributed by atoms with van der Waals surface area (Å²) in [5.74, 6) is 1.88. The molecular formula is C14H21NO. The van der Waals surface area contributed by atoms with Gasteiger partial charge in [0.05, 0.1) is 6.61 Å². The van der Waals surface area contributed by atoms with Gasteiger partial charge in [0.25, 0.3) is 0 Å². The van der Waals surface area contributed by atoms with Crippen molar-refractivity contribution in [3.63, 3.8) is 0 Å². The summed E-state index contributed by atoms with van der Waals surface area (Å²) in [6.07, 6.45) is 4.66. The molecule has 1 aliphatic rings. The van der Waals surface area contributed by atoms with Gasteiger partial charge in [0, 0.05) is 0 Å². The largest absolute Gasteiger partial charge is 0.493 e. The lowest BCUT2D eigenvalue weighted by Gasteiger charge is -2.11. The van der Waals surface area contributed by atoms with Crippen LogP contribution in [0.2, 0.25) is 0 Å². The molecule has 1 fully saturated rings. The number of nitrogens with two attached hydrogens (primary N) is 1. The first-order valence-electron chi connectivity index (χ1n) is 6.28. The zero-order chi connectivity index (χ0) is 11.4. The lowest BCUT2D eigenvalue weighted by Crippen LogP contribution is -2.05. The molecule has 0 heterocycles. The van der Waals surface area contributed by atoms with Gasteiger partial charge in [-0.3, -0.25) is 0 Å². The molecule has 2 nitrogen and oxygen atoms in total. The molecule has 1 saturated carbocycles. The minimum atomic E-state index is 0.714. The lowest BCUT2D eigenvalue weighted by molar-refractivity contribution is 0.297. The first-order chi connectivity index (χ1) is 7.83. The number of aryl methyl sites for hydroxylation is 1. The topological polar surface area (TPSA) is 35.2 Å². The molecule has 1 aromatic carbocycles. The monoisotopic (exact) mass is 219 g/mol. The third-order valence-electron chi connectivity index (χ3n) is 3.11. The van der Waals surface area contributed by atoms with Crippen LogP contribution in [-0.4, -0.2) is 13.2 Å². The van der Waals surface area contributed by atoms with Crippen molar-refractivity contribution in [1.82, 2.24) is 0 Å². The van der Waals surface area contributed by atoms with E-state index in [-0.39, 0.29) is 0 Å². The van der Waals surface area contributed by atoms with E-state index in [1.165, 1.54) is 24.0 Å². The van der Waals surface area contributed by atoms with E-state index in [0.717, 1.165) is 31.1 Å². The van der Waals surface area contributed by atoms with Crippen LogP contribution in [0.3, 0.4) is 0 Å². The predicted octanol–water partition coefficient (Wildman–Crippen LogP) is 2.54. The molecule has 0 spiro atoms. The highest BCUT2D eigenvalue weighted by Gasteiger charge is 2.22. The zero-order valence-corrected chi connectivity index (χ0v) is 10.0. The molecule has 0 radical (unpaired) electrons. The second-order valence-electron chi connectivity index (χ2n) is 4.59.